The minimum atomic E-state index is -0.815. The maximum absolute atomic E-state index is 14.4. The molecule has 0 aliphatic carbocycles. The molecule has 9 heteroatoms. The molecular formula is C44H44N4O5. The van der Waals surface area contributed by atoms with E-state index in [-0.39, 0.29) is 55.2 Å². The third-order valence-corrected chi connectivity index (χ3v) is 10.2. The van der Waals surface area contributed by atoms with E-state index in [1.54, 1.807) is 41.1 Å². The van der Waals surface area contributed by atoms with Gasteiger partial charge in [0.2, 0.25) is 17.7 Å². The Labute approximate surface area is 309 Å². The SMILES string of the molecule is CN1CCC[C@H](NC(=O)Cc2ccc(-c3ccccc3)cc2)C(=O)N2C[C@@H](NC(=O)Cc3ccc4ccccc4c3)C[C@H]2COc2cccc(c2)C1=O. The second-order valence-corrected chi connectivity index (χ2v) is 14.1. The van der Waals surface area contributed by atoms with E-state index in [4.69, 9.17) is 4.74 Å². The second kappa shape index (κ2) is 16.2. The van der Waals surface area contributed by atoms with Gasteiger partial charge in [-0.05, 0) is 70.5 Å². The van der Waals surface area contributed by atoms with Crippen LogP contribution in [0.1, 0.15) is 40.7 Å². The Morgan fingerprint density at radius 2 is 1.40 bits per heavy atom. The highest BCUT2D eigenvalue weighted by Crippen LogP contribution is 2.25. The van der Waals surface area contributed by atoms with Gasteiger partial charge in [0.25, 0.3) is 5.91 Å². The number of amides is 4. The monoisotopic (exact) mass is 708 g/mol. The van der Waals surface area contributed by atoms with Gasteiger partial charge in [-0.15, -0.1) is 0 Å². The summed E-state index contributed by atoms with van der Waals surface area (Å²) in [5, 5.41) is 8.38. The molecule has 2 aliphatic rings. The molecule has 7 rings (SSSR count). The van der Waals surface area contributed by atoms with Gasteiger partial charge >= 0.3 is 0 Å². The van der Waals surface area contributed by atoms with Crippen LogP contribution >= 0.6 is 0 Å². The molecule has 0 spiro atoms. The predicted octanol–water partition coefficient (Wildman–Crippen LogP) is 5.81. The van der Waals surface area contributed by atoms with Crippen molar-refractivity contribution in [3.05, 3.63) is 138 Å². The third kappa shape index (κ3) is 8.75. The molecular weight excluding hydrogens is 665 g/mol. The van der Waals surface area contributed by atoms with Crippen molar-refractivity contribution in [2.75, 3.05) is 26.7 Å². The summed E-state index contributed by atoms with van der Waals surface area (Å²) in [5.74, 6) is -0.223. The first-order valence-corrected chi connectivity index (χ1v) is 18.3. The van der Waals surface area contributed by atoms with Crippen LogP contribution in [0.15, 0.2) is 121 Å². The third-order valence-electron chi connectivity index (χ3n) is 10.2. The summed E-state index contributed by atoms with van der Waals surface area (Å²) in [5.41, 5.74) is 4.42. The minimum Gasteiger partial charge on any atom is -0.491 e. The number of carbonyl (C=O) groups excluding carboxylic acids is 4. The van der Waals surface area contributed by atoms with Gasteiger partial charge < -0.3 is 25.2 Å². The van der Waals surface area contributed by atoms with Crippen LogP contribution < -0.4 is 15.4 Å². The first kappa shape index (κ1) is 35.4. The van der Waals surface area contributed by atoms with Gasteiger partial charge in [0, 0.05) is 31.7 Å². The summed E-state index contributed by atoms with van der Waals surface area (Å²) in [6, 6.07) is 37.6. The lowest BCUT2D eigenvalue weighted by Crippen LogP contribution is -2.52. The quantitative estimate of drug-likeness (QED) is 0.222. The van der Waals surface area contributed by atoms with Gasteiger partial charge in [0.05, 0.1) is 18.9 Å². The number of benzene rings is 5. The molecule has 53 heavy (non-hydrogen) atoms. The number of ether oxygens (including phenoxy) is 1. The zero-order chi connectivity index (χ0) is 36.7. The highest BCUT2D eigenvalue weighted by Gasteiger charge is 2.39. The first-order valence-electron chi connectivity index (χ1n) is 18.3. The maximum Gasteiger partial charge on any atom is 0.253 e. The van der Waals surface area contributed by atoms with E-state index in [0.717, 1.165) is 33.0 Å². The summed E-state index contributed by atoms with van der Waals surface area (Å²) in [4.78, 5) is 57.9. The predicted molar refractivity (Wildman–Crippen MR) is 205 cm³/mol. The normalized spacial score (nSPS) is 19.2. The van der Waals surface area contributed by atoms with Crippen LogP contribution in [0, 0.1) is 0 Å². The van der Waals surface area contributed by atoms with Gasteiger partial charge in [-0.1, -0.05) is 103 Å². The molecule has 0 radical (unpaired) electrons. The molecule has 2 bridgehead atoms. The molecule has 0 unspecified atom stereocenters. The number of carbonyl (C=O) groups is 4. The second-order valence-electron chi connectivity index (χ2n) is 14.1. The molecule has 3 atom stereocenters. The molecule has 2 heterocycles. The summed E-state index contributed by atoms with van der Waals surface area (Å²) in [7, 11) is 1.73. The number of rotatable bonds is 7. The van der Waals surface area contributed by atoms with Gasteiger partial charge in [0.15, 0.2) is 0 Å². The molecule has 4 amide bonds. The molecule has 5 aromatic carbocycles. The fraction of sp³-hybridized carbons (Fsp3) is 0.273. The van der Waals surface area contributed by atoms with E-state index in [1.807, 2.05) is 97.1 Å². The molecule has 270 valence electrons. The van der Waals surface area contributed by atoms with Crippen molar-refractivity contribution in [2.45, 2.75) is 50.2 Å². The van der Waals surface area contributed by atoms with Crippen LogP contribution in [0.2, 0.25) is 0 Å². The highest BCUT2D eigenvalue weighted by atomic mass is 16.5. The Kier molecular flexibility index (Phi) is 10.8. The van der Waals surface area contributed by atoms with E-state index in [0.29, 0.717) is 43.7 Å². The molecule has 9 nitrogen and oxygen atoms in total. The molecule has 5 aromatic rings. The van der Waals surface area contributed by atoms with E-state index >= 15 is 0 Å². The standard InChI is InChI=1S/C44H44N4O5/c1-47-22-8-15-40(46-42(50)24-30-16-19-34(20-17-30)32-9-3-2-4-10-32)44(52)48-28-37(27-38(48)29-53-39-14-7-13-36(26-39)43(47)51)45-41(49)25-31-18-21-33-11-5-6-12-35(33)23-31/h2-7,9-14,16-21,23,26,37-38,40H,8,15,22,24-25,27-29H2,1H3,(H,45,49)(H,46,50)/t37-,38-,40-/m0/s1. The molecule has 1 saturated heterocycles. The Hall–Kier alpha value is -5.96. The Bertz CT molecular complexity index is 2100. The lowest BCUT2D eigenvalue weighted by atomic mass is 10.0. The van der Waals surface area contributed by atoms with Crippen LogP contribution in [-0.2, 0) is 27.2 Å². The number of hydrogen-bond donors (Lipinski definition) is 2. The van der Waals surface area contributed by atoms with Crippen LogP contribution in [0.4, 0.5) is 0 Å². The smallest absolute Gasteiger partial charge is 0.253 e. The van der Waals surface area contributed by atoms with Gasteiger partial charge in [0.1, 0.15) is 18.4 Å². The van der Waals surface area contributed by atoms with E-state index < -0.39 is 6.04 Å². The largest absolute Gasteiger partial charge is 0.491 e. The lowest BCUT2D eigenvalue weighted by molar-refractivity contribution is -0.138. The van der Waals surface area contributed by atoms with E-state index in [2.05, 4.69) is 10.6 Å². The summed E-state index contributed by atoms with van der Waals surface area (Å²) in [6.07, 6.45) is 1.68. The van der Waals surface area contributed by atoms with Gasteiger partial charge in [-0.3, -0.25) is 19.2 Å². The summed E-state index contributed by atoms with van der Waals surface area (Å²) < 4.78 is 6.20. The Morgan fingerprint density at radius 3 is 2.21 bits per heavy atom. The zero-order valence-electron chi connectivity index (χ0n) is 29.9. The average Bonchev–Trinajstić information content (AvgIpc) is 3.58. The fourth-order valence-electron chi connectivity index (χ4n) is 7.36. The van der Waals surface area contributed by atoms with Crippen molar-refractivity contribution < 1.29 is 23.9 Å². The van der Waals surface area contributed by atoms with Gasteiger partial charge in [-0.2, -0.15) is 0 Å². The molecule has 1 fully saturated rings. The molecule has 0 saturated carbocycles. The Morgan fingerprint density at radius 1 is 0.717 bits per heavy atom. The van der Waals surface area contributed by atoms with Crippen LogP contribution in [0.3, 0.4) is 0 Å². The van der Waals surface area contributed by atoms with E-state index in [9.17, 15) is 19.2 Å². The Balaban J connectivity index is 1.07. The topological polar surface area (TPSA) is 108 Å². The van der Waals surface area contributed by atoms with Crippen molar-refractivity contribution in [3.63, 3.8) is 0 Å². The zero-order valence-corrected chi connectivity index (χ0v) is 29.9. The number of nitrogens with one attached hydrogen (secondary N) is 2. The van der Waals surface area contributed by atoms with Crippen molar-refractivity contribution >= 4 is 34.4 Å². The molecule has 2 aliphatic heterocycles. The minimum absolute atomic E-state index is 0.117. The van der Waals surface area contributed by atoms with Crippen LogP contribution in [0.5, 0.6) is 5.75 Å². The fourth-order valence-corrected chi connectivity index (χ4v) is 7.36. The van der Waals surface area contributed by atoms with Crippen LogP contribution in [0.25, 0.3) is 21.9 Å². The molecule has 2 N–H and O–H groups in total. The van der Waals surface area contributed by atoms with Crippen molar-refractivity contribution in [2.24, 2.45) is 0 Å². The van der Waals surface area contributed by atoms with Crippen molar-refractivity contribution in [3.8, 4) is 16.9 Å². The van der Waals surface area contributed by atoms with E-state index in [1.165, 1.54) is 0 Å². The van der Waals surface area contributed by atoms with Crippen LogP contribution in [-0.4, -0.2) is 78.3 Å². The number of fused-ring (bicyclic) bond motifs is 4. The summed E-state index contributed by atoms with van der Waals surface area (Å²) >= 11 is 0. The average molecular weight is 709 g/mol. The highest BCUT2D eigenvalue weighted by molar-refractivity contribution is 5.94. The number of nitrogens with zero attached hydrogens (tertiary/aromatic N) is 2. The van der Waals surface area contributed by atoms with Crippen molar-refractivity contribution in [1.82, 2.24) is 20.4 Å². The lowest BCUT2D eigenvalue weighted by Gasteiger charge is -2.30. The number of hydrogen-bond acceptors (Lipinski definition) is 5. The van der Waals surface area contributed by atoms with Crippen molar-refractivity contribution in [1.29, 1.82) is 0 Å². The maximum atomic E-state index is 14.4. The first-order chi connectivity index (χ1) is 25.8. The summed E-state index contributed by atoms with van der Waals surface area (Å²) in [6.45, 7) is 0.869. The molecule has 0 aromatic heterocycles. The van der Waals surface area contributed by atoms with Gasteiger partial charge in [-0.25, -0.2) is 0 Å².